The number of halogens is 1. The van der Waals surface area contributed by atoms with Crippen molar-refractivity contribution in [3.05, 3.63) is 29.3 Å². The summed E-state index contributed by atoms with van der Waals surface area (Å²) in [5.41, 5.74) is 1.79. The number of nitriles is 1. The molecule has 2 rings (SSSR count). The second-order valence-corrected chi connectivity index (χ2v) is 6.30. The number of aryl methyl sites for hydroxylation is 1. The van der Waals surface area contributed by atoms with Crippen molar-refractivity contribution in [3.8, 4) is 6.07 Å². The Labute approximate surface area is 116 Å². The molecular weight excluding hydrogens is 283 g/mol. The van der Waals surface area contributed by atoms with Crippen LogP contribution >= 0.6 is 0 Å². The van der Waals surface area contributed by atoms with Gasteiger partial charge in [-0.3, -0.25) is 4.79 Å². The number of hydrogen-bond acceptors (Lipinski definition) is 4. The predicted molar refractivity (Wildman–Crippen MR) is 71.2 cm³/mol. The van der Waals surface area contributed by atoms with E-state index in [2.05, 4.69) is 0 Å². The van der Waals surface area contributed by atoms with E-state index in [-0.39, 0.29) is 18.9 Å². The van der Waals surface area contributed by atoms with Gasteiger partial charge in [0.2, 0.25) is 5.91 Å². The maximum absolute atomic E-state index is 12.7. The zero-order chi connectivity index (χ0) is 14.9. The fourth-order valence-corrected chi connectivity index (χ4v) is 3.11. The molecule has 1 fully saturated rings. The Bertz CT molecular complexity index is 694. The van der Waals surface area contributed by atoms with Crippen molar-refractivity contribution in [2.45, 2.75) is 13.3 Å². The molecule has 0 aliphatic carbocycles. The van der Waals surface area contributed by atoms with E-state index in [0.29, 0.717) is 11.3 Å². The van der Waals surface area contributed by atoms with Gasteiger partial charge >= 0.3 is 10.2 Å². The first-order chi connectivity index (χ1) is 9.30. The van der Waals surface area contributed by atoms with Crippen LogP contribution < -0.4 is 4.90 Å². The average Bonchev–Trinajstić information content (AvgIpc) is 2.68. The first-order valence-electron chi connectivity index (χ1n) is 6.03. The molecule has 1 amide bonds. The van der Waals surface area contributed by atoms with Crippen molar-refractivity contribution >= 4 is 21.8 Å². The van der Waals surface area contributed by atoms with E-state index in [1.807, 2.05) is 6.07 Å². The number of anilines is 1. The topological polar surface area (TPSA) is 78.2 Å². The zero-order valence-electron chi connectivity index (χ0n) is 10.8. The van der Waals surface area contributed by atoms with Crippen LogP contribution in [-0.2, 0) is 15.0 Å². The van der Waals surface area contributed by atoms with Gasteiger partial charge in [0.1, 0.15) is 0 Å². The van der Waals surface area contributed by atoms with Gasteiger partial charge in [-0.15, -0.1) is 3.89 Å². The van der Waals surface area contributed by atoms with Gasteiger partial charge in [0.15, 0.2) is 0 Å². The molecule has 1 aliphatic rings. The van der Waals surface area contributed by atoms with Crippen molar-refractivity contribution in [3.63, 3.8) is 0 Å². The number of nitrogens with zero attached hydrogens (tertiary/aromatic N) is 2. The molecule has 0 bridgehead atoms. The van der Waals surface area contributed by atoms with Crippen LogP contribution in [0.25, 0.3) is 0 Å². The molecule has 1 saturated heterocycles. The average molecular weight is 296 g/mol. The molecule has 1 aliphatic heterocycles. The van der Waals surface area contributed by atoms with Crippen LogP contribution in [0.1, 0.15) is 17.5 Å². The van der Waals surface area contributed by atoms with Crippen molar-refractivity contribution in [1.82, 2.24) is 0 Å². The summed E-state index contributed by atoms with van der Waals surface area (Å²) in [7, 11) is -4.59. The Hall–Kier alpha value is -1.94. The molecule has 1 heterocycles. The maximum Gasteiger partial charge on any atom is 0.302 e. The van der Waals surface area contributed by atoms with Gasteiger partial charge in [-0.25, -0.2) is 0 Å². The van der Waals surface area contributed by atoms with Crippen molar-refractivity contribution in [1.29, 1.82) is 5.26 Å². The summed E-state index contributed by atoms with van der Waals surface area (Å²) in [6.45, 7) is 1.93. The number of carbonyl (C=O) groups excluding carboxylic acids is 1. The lowest BCUT2D eigenvalue weighted by Crippen LogP contribution is -2.25. The van der Waals surface area contributed by atoms with Gasteiger partial charge in [0.05, 0.1) is 17.4 Å². The summed E-state index contributed by atoms with van der Waals surface area (Å²) in [5.74, 6) is -1.46. The highest BCUT2D eigenvalue weighted by Gasteiger charge is 2.33. The Morgan fingerprint density at radius 2 is 2.20 bits per heavy atom. The molecule has 0 radical (unpaired) electrons. The summed E-state index contributed by atoms with van der Waals surface area (Å²) in [6.07, 6.45) is -0.00108. The van der Waals surface area contributed by atoms with Crippen molar-refractivity contribution in [2.24, 2.45) is 5.92 Å². The van der Waals surface area contributed by atoms with Crippen LogP contribution in [0.3, 0.4) is 0 Å². The summed E-state index contributed by atoms with van der Waals surface area (Å²) in [5, 5.41) is 8.97. The highest BCUT2D eigenvalue weighted by atomic mass is 32.3. The van der Waals surface area contributed by atoms with E-state index in [1.165, 1.54) is 4.90 Å². The van der Waals surface area contributed by atoms with Gasteiger partial charge in [-0.2, -0.15) is 13.7 Å². The van der Waals surface area contributed by atoms with Gasteiger partial charge in [-0.05, 0) is 24.6 Å². The minimum Gasteiger partial charge on any atom is -0.312 e. The summed E-state index contributed by atoms with van der Waals surface area (Å²) < 4.78 is 34.0. The van der Waals surface area contributed by atoms with Crippen LogP contribution in [0.15, 0.2) is 18.2 Å². The maximum atomic E-state index is 12.7. The molecule has 20 heavy (non-hydrogen) atoms. The van der Waals surface area contributed by atoms with Crippen LogP contribution in [0, 0.1) is 24.2 Å². The minimum absolute atomic E-state index is 0.00108. The molecular formula is C13H13FN2O3S. The SMILES string of the molecule is Cc1ccc(N2CC(CS(=O)(=O)F)CC2=O)cc1C#N. The van der Waals surface area contributed by atoms with Crippen LogP contribution in [0.2, 0.25) is 0 Å². The van der Waals surface area contributed by atoms with E-state index in [1.54, 1.807) is 25.1 Å². The Balaban J connectivity index is 2.22. The Kier molecular flexibility index (Phi) is 3.77. The molecule has 5 nitrogen and oxygen atoms in total. The molecule has 0 saturated carbocycles. The normalized spacial score (nSPS) is 19.1. The second kappa shape index (κ2) is 5.21. The van der Waals surface area contributed by atoms with E-state index in [4.69, 9.17) is 5.26 Å². The minimum atomic E-state index is -4.59. The zero-order valence-corrected chi connectivity index (χ0v) is 11.7. The van der Waals surface area contributed by atoms with E-state index in [9.17, 15) is 17.1 Å². The molecule has 1 aromatic rings. The number of rotatable bonds is 3. The third-order valence-electron chi connectivity index (χ3n) is 3.29. The van der Waals surface area contributed by atoms with Crippen LogP contribution in [0.4, 0.5) is 9.57 Å². The standard InChI is InChI=1S/C13H13FN2O3S/c1-9-2-3-12(5-11(9)6-15)16-7-10(4-13(16)17)8-20(14,18)19/h2-3,5,10H,4,7-8H2,1H3. The summed E-state index contributed by atoms with van der Waals surface area (Å²) in [4.78, 5) is 13.3. The predicted octanol–water partition coefficient (Wildman–Crippen LogP) is 1.52. The quantitative estimate of drug-likeness (QED) is 0.792. The monoisotopic (exact) mass is 296 g/mol. The van der Waals surface area contributed by atoms with Gasteiger partial charge in [0, 0.05) is 24.6 Å². The number of benzene rings is 1. The third-order valence-corrected chi connectivity index (χ3v) is 4.16. The van der Waals surface area contributed by atoms with Crippen molar-refractivity contribution < 1.29 is 17.1 Å². The highest BCUT2D eigenvalue weighted by Crippen LogP contribution is 2.27. The molecule has 0 aromatic heterocycles. The first kappa shape index (κ1) is 14.5. The highest BCUT2D eigenvalue weighted by molar-refractivity contribution is 7.86. The number of amides is 1. The fourth-order valence-electron chi connectivity index (χ4n) is 2.32. The van der Waals surface area contributed by atoms with E-state index >= 15 is 0 Å². The largest absolute Gasteiger partial charge is 0.312 e. The van der Waals surface area contributed by atoms with Crippen LogP contribution in [0.5, 0.6) is 0 Å². The van der Waals surface area contributed by atoms with Gasteiger partial charge < -0.3 is 4.90 Å². The molecule has 7 heteroatoms. The lowest BCUT2D eigenvalue weighted by molar-refractivity contribution is -0.117. The molecule has 1 atom stereocenters. The third kappa shape index (κ3) is 3.14. The molecule has 0 N–H and O–H groups in total. The first-order valence-corrected chi connectivity index (χ1v) is 7.59. The van der Waals surface area contributed by atoms with Gasteiger partial charge in [0.25, 0.3) is 0 Å². The van der Waals surface area contributed by atoms with E-state index in [0.717, 1.165) is 5.56 Å². The van der Waals surface area contributed by atoms with Crippen molar-refractivity contribution in [2.75, 3.05) is 17.2 Å². The fraction of sp³-hybridized carbons (Fsp3) is 0.385. The summed E-state index contributed by atoms with van der Waals surface area (Å²) in [6, 6.07) is 7.03. The molecule has 0 spiro atoms. The summed E-state index contributed by atoms with van der Waals surface area (Å²) >= 11 is 0. The molecule has 1 aromatic carbocycles. The Morgan fingerprint density at radius 1 is 1.50 bits per heavy atom. The van der Waals surface area contributed by atoms with Gasteiger partial charge in [-0.1, -0.05) is 6.07 Å². The van der Waals surface area contributed by atoms with E-state index < -0.39 is 21.9 Å². The lowest BCUT2D eigenvalue weighted by atomic mass is 10.1. The van der Waals surface area contributed by atoms with Crippen LogP contribution in [-0.4, -0.2) is 26.6 Å². The Morgan fingerprint density at radius 3 is 2.80 bits per heavy atom. The second-order valence-electron chi connectivity index (χ2n) is 4.89. The number of carbonyl (C=O) groups is 1. The molecule has 106 valence electrons. The molecule has 1 unspecified atom stereocenters. The lowest BCUT2D eigenvalue weighted by Gasteiger charge is -2.17. The smallest absolute Gasteiger partial charge is 0.302 e. The number of hydrogen-bond donors (Lipinski definition) is 0.